The maximum Gasteiger partial charge on any atom is 0.352 e. The molecule has 0 radical (unpaired) electrons. The normalized spacial score (nSPS) is 14.2. The van der Waals surface area contributed by atoms with Gasteiger partial charge in [0.2, 0.25) is 0 Å². The fourth-order valence-electron chi connectivity index (χ4n) is 2.30. The molecule has 0 aromatic heterocycles. The van der Waals surface area contributed by atoms with Crippen molar-refractivity contribution in [3.05, 3.63) is 68.6 Å². The lowest BCUT2D eigenvalue weighted by molar-refractivity contribution is 0.234. The Balaban J connectivity index is 2.26. The molecule has 2 atom stereocenters. The Morgan fingerprint density at radius 1 is 0.714 bits per heavy atom. The van der Waals surface area contributed by atoms with Crippen molar-refractivity contribution in [2.45, 2.75) is 11.6 Å². The molecule has 0 aliphatic carbocycles. The first-order chi connectivity index (χ1) is 12.9. The molecule has 13 heteroatoms. The van der Waals surface area contributed by atoms with Crippen LogP contribution in [0.3, 0.4) is 0 Å². The van der Waals surface area contributed by atoms with E-state index in [2.05, 4.69) is 42.5 Å². The minimum absolute atomic E-state index is 0.128. The zero-order valence-corrected chi connectivity index (χ0v) is 18.9. The Morgan fingerprint density at radius 2 is 1.00 bits per heavy atom. The van der Waals surface area contributed by atoms with Crippen LogP contribution < -0.4 is 10.6 Å². The van der Waals surface area contributed by atoms with Gasteiger partial charge in [0.05, 0.1) is 0 Å². The zero-order chi connectivity index (χ0) is 21.1. The van der Waals surface area contributed by atoms with Crippen LogP contribution in [0.5, 0.6) is 0 Å². The molecule has 2 rings (SSSR count). The van der Waals surface area contributed by atoms with Gasteiger partial charge in [-0.05, 0) is 35.4 Å². The minimum Gasteiger partial charge on any atom is -0.323 e. The van der Waals surface area contributed by atoms with E-state index in [1.165, 1.54) is 48.5 Å². The Morgan fingerprint density at radius 3 is 1.25 bits per heavy atom. The highest BCUT2D eigenvalue weighted by molar-refractivity contribution is 9.10. The molecule has 152 valence electrons. The van der Waals surface area contributed by atoms with Gasteiger partial charge >= 0.3 is 21.2 Å². The van der Waals surface area contributed by atoms with E-state index in [9.17, 15) is 33.5 Å². The lowest BCUT2D eigenvalue weighted by Crippen LogP contribution is -2.40. The second-order valence-corrected chi connectivity index (χ2v) is 10.9. The van der Waals surface area contributed by atoms with Crippen LogP contribution in [0.2, 0.25) is 0 Å². The number of amides is 2. The van der Waals surface area contributed by atoms with E-state index in [1.807, 2.05) is 0 Å². The van der Waals surface area contributed by atoms with Gasteiger partial charge in [0.25, 0.3) is 0 Å². The summed E-state index contributed by atoms with van der Waals surface area (Å²) in [6.07, 6.45) is 0. The number of carbonyl (C=O) groups is 1. The molecule has 2 aromatic rings. The van der Waals surface area contributed by atoms with E-state index >= 15 is 0 Å². The first-order valence-corrected chi connectivity index (χ1v) is 12.5. The van der Waals surface area contributed by atoms with Crippen LogP contribution in [0, 0.1) is 0 Å². The Kier molecular flexibility index (Phi) is 7.63. The maximum atomic E-state index is 12.3. The van der Waals surface area contributed by atoms with Gasteiger partial charge in [-0.25, -0.2) is 4.79 Å². The summed E-state index contributed by atoms with van der Waals surface area (Å²) < 4.78 is 25.0. The molecule has 0 aliphatic heterocycles. The molecule has 2 aromatic carbocycles. The number of benzene rings is 2. The van der Waals surface area contributed by atoms with Gasteiger partial charge in [-0.15, -0.1) is 0 Å². The van der Waals surface area contributed by atoms with Crippen molar-refractivity contribution in [1.29, 1.82) is 0 Å². The third-order valence-corrected chi connectivity index (χ3v) is 6.84. The second kappa shape index (κ2) is 9.19. The number of urea groups is 1. The highest BCUT2D eigenvalue weighted by Gasteiger charge is 2.36. The van der Waals surface area contributed by atoms with Crippen molar-refractivity contribution in [2.75, 3.05) is 0 Å². The zero-order valence-electron chi connectivity index (χ0n) is 13.9. The molecule has 2 unspecified atom stereocenters. The lowest BCUT2D eigenvalue weighted by Gasteiger charge is -2.24. The third-order valence-electron chi connectivity index (χ3n) is 3.58. The van der Waals surface area contributed by atoms with Crippen LogP contribution in [-0.4, -0.2) is 25.6 Å². The largest absolute Gasteiger partial charge is 0.352 e. The van der Waals surface area contributed by atoms with E-state index < -0.39 is 32.8 Å². The van der Waals surface area contributed by atoms with Crippen LogP contribution in [0.15, 0.2) is 57.5 Å². The van der Waals surface area contributed by atoms with Crippen molar-refractivity contribution in [1.82, 2.24) is 10.6 Å². The quantitative estimate of drug-likeness (QED) is 0.296. The van der Waals surface area contributed by atoms with Crippen LogP contribution in [-0.2, 0) is 9.13 Å². The van der Waals surface area contributed by atoms with Gasteiger partial charge in [0, 0.05) is 8.95 Å². The van der Waals surface area contributed by atoms with Gasteiger partial charge < -0.3 is 30.2 Å². The van der Waals surface area contributed by atoms with E-state index in [4.69, 9.17) is 0 Å². The van der Waals surface area contributed by atoms with Gasteiger partial charge in [0.1, 0.15) is 0 Å². The summed E-state index contributed by atoms with van der Waals surface area (Å²) in [5, 5.41) is 4.19. The summed E-state index contributed by atoms with van der Waals surface area (Å²) in [6.45, 7) is 0. The van der Waals surface area contributed by atoms with Gasteiger partial charge in [-0.2, -0.15) is 0 Å². The van der Waals surface area contributed by atoms with Crippen LogP contribution in [0.25, 0.3) is 0 Å². The molecule has 0 saturated heterocycles. The van der Waals surface area contributed by atoms with Crippen LogP contribution >= 0.6 is 47.1 Å². The predicted octanol–water partition coefficient (Wildman–Crippen LogP) is 3.56. The predicted molar refractivity (Wildman–Crippen MR) is 110 cm³/mol. The third kappa shape index (κ3) is 6.50. The standard InChI is InChI=1S/C15H16Br2N2O7P2/c16-11-5-1-9(2-6-11)13(27(21,22)23)18-15(20)19-14(28(24,25)26)10-3-7-12(17)8-4-10/h1-8,13-14H,(H2,18,19,20)(H2,21,22,23)(H2,24,25,26). The molecular formula is C15H16Br2N2O7P2. The summed E-state index contributed by atoms with van der Waals surface area (Å²) in [6, 6.07) is 10.6. The molecule has 0 aliphatic rings. The molecule has 0 fully saturated rings. The average molecular weight is 558 g/mol. The molecule has 6 N–H and O–H groups in total. The molecular weight excluding hydrogens is 542 g/mol. The van der Waals surface area contributed by atoms with Gasteiger partial charge in [-0.1, -0.05) is 56.1 Å². The van der Waals surface area contributed by atoms with E-state index in [0.717, 1.165) is 0 Å². The van der Waals surface area contributed by atoms with Crippen molar-refractivity contribution in [3.8, 4) is 0 Å². The number of halogens is 2. The minimum atomic E-state index is -4.82. The highest BCUT2D eigenvalue weighted by atomic mass is 79.9. The number of carbonyl (C=O) groups excluding carboxylic acids is 1. The number of hydrogen-bond donors (Lipinski definition) is 6. The molecule has 0 heterocycles. The summed E-state index contributed by atoms with van der Waals surface area (Å²) in [4.78, 5) is 50.7. The maximum absolute atomic E-state index is 12.3. The number of rotatable bonds is 6. The summed E-state index contributed by atoms with van der Waals surface area (Å²) in [7, 11) is -9.63. The highest BCUT2D eigenvalue weighted by Crippen LogP contribution is 2.51. The molecule has 28 heavy (non-hydrogen) atoms. The van der Waals surface area contributed by atoms with E-state index in [1.54, 1.807) is 0 Å². The van der Waals surface area contributed by atoms with E-state index in [0.29, 0.717) is 8.95 Å². The van der Waals surface area contributed by atoms with Crippen LogP contribution in [0.4, 0.5) is 4.79 Å². The first-order valence-electron chi connectivity index (χ1n) is 7.56. The van der Waals surface area contributed by atoms with Crippen molar-refractivity contribution < 1.29 is 33.5 Å². The Labute approximate surface area is 177 Å². The van der Waals surface area contributed by atoms with Crippen molar-refractivity contribution in [3.63, 3.8) is 0 Å². The topological polar surface area (TPSA) is 156 Å². The summed E-state index contributed by atoms with van der Waals surface area (Å²) in [5.74, 6) is -3.38. The Hall–Kier alpha value is -1.03. The molecule has 9 nitrogen and oxygen atoms in total. The lowest BCUT2D eigenvalue weighted by atomic mass is 10.2. The van der Waals surface area contributed by atoms with Crippen molar-refractivity contribution in [2.24, 2.45) is 0 Å². The second-order valence-electron chi connectivity index (χ2n) is 5.70. The summed E-state index contributed by atoms with van der Waals surface area (Å²) in [5.41, 5.74) is 0.256. The molecule has 2 amide bonds. The van der Waals surface area contributed by atoms with Crippen molar-refractivity contribution >= 4 is 53.1 Å². The number of nitrogens with one attached hydrogen (secondary N) is 2. The average Bonchev–Trinajstić information content (AvgIpc) is 2.58. The van der Waals surface area contributed by atoms with Gasteiger partial charge in [-0.3, -0.25) is 9.13 Å². The molecule has 0 spiro atoms. The molecule has 0 saturated carbocycles. The smallest absolute Gasteiger partial charge is 0.323 e. The molecule has 0 bridgehead atoms. The van der Waals surface area contributed by atoms with E-state index in [-0.39, 0.29) is 11.1 Å². The summed E-state index contributed by atoms with van der Waals surface area (Å²) >= 11 is 6.40. The fraction of sp³-hybridized carbons (Fsp3) is 0.133. The monoisotopic (exact) mass is 556 g/mol. The Bertz CT molecular complexity index is 853. The first kappa shape index (κ1) is 23.3. The fourth-order valence-corrected chi connectivity index (χ4v) is 4.52. The SMILES string of the molecule is O=C(NC(c1ccc(Br)cc1)P(=O)(O)O)NC(c1ccc(Br)cc1)P(=O)(O)O. The van der Waals surface area contributed by atoms with Gasteiger partial charge in [0.15, 0.2) is 11.6 Å². The number of hydrogen-bond acceptors (Lipinski definition) is 3. The van der Waals surface area contributed by atoms with Crippen LogP contribution in [0.1, 0.15) is 22.7 Å².